The molecule has 7 nitrogen and oxygen atoms in total. The van der Waals surface area contributed by atoms with E-state index in [1.54, 1.807) is 23.1 Å². The van der Waals surface area contributed by atoms with Crippen LogP contribution >= 0.6 is 0 Å². The quantitative estimate of drug-likeness (QED) is 0.634. The Bertz CT molecular complexity index is 1170. The van der Waals surface area contributed by atoms with Crippen LogP contribution < -0.4 is 10.2 Å². The predicted molar refractivity (Wildman–Crippen MR) is 137 cm³/mol. The topological polar surface area (TPSA) is 86.8 Å². The molecule has 2 amide bonds. The van der Waals surface area contributed by atoms with Crippen LogP contribution in [0.15, 0.2) is 53.4 Å². The lowest BCUT2D eigenvalue weighted by atomic mass is 9.96. The second-order valence-corrected chi connectivity index (χ2v) is 11.7. The van der Waals surface area contributed by atoms with Crippen LogP contribution in [0.1, 0.15) is 51.2 Å². The van der Waals surface area contributed by atoms with Gasteiger partial charge in [-0.05, 0) is 68.4 Å². The highest BCUT2D eigenvalue weighted by Gasteiger charge is 2.35. The second-order valence-electron chi connectivity index (χ2n) is 9.71. The van der Waals surface area contributed by atoms with Crippen LogP contribution in [0, 0.1) is 5.92 Å². The third kappa shape index (κ3) is 5.43. The average Bonchev–Trinajstić information content (AvgIpc) is 3.19. The van der Waals surface area contributed by atoms with Gasteiger partial charge in [0.1, 0.15) is 0 Å². The predicted octanol–water partition coefficient (Wildman–Crippen LogP) is 3.52. The molecule has 2 heterocycles. The minimum atomic E-state index is -3.66. The number of hydrogen-bond acceptors (Lipinski definition) is 4. The van der Waals surface area contributed by atoms with Crippen LogP contribution in [-0.4, -0.2) is 49.7 Å². The molecular weight excluding hydrogens is 462 g/mol. The number of rotatable bonds is 7. The van der Waals surface area contributed by atoms with E-state index in [0.29, 0.717) is 32.4 Å². The Morgan fingerprint density at radius 3 is 2.40 bits per heavy atom. The van der Waals surface area contributed by atoms with Crippen molar-refractivity contribution in [3.63, 3.8) is 0 Å². The molecule has 0 radical (unpaired) electrons. The normalized spacial score (nSPS) is 19.9. The van der Waals surface area contributed by atoms with Crippen molar-refractivity contribution in [2.24, 2.45) is 5.92 Å². The molecule has 2 aromatic rings. The van der Waals surface area contributed by atoms with Gasteiger partial charge >= 0.3 is 0 Å². The molecule has 1 fully saturated rings. The fourth-order valence-corrected chi connectivity index (χ4v) is 6.79. The van der Waals surface area contributed by atoms with Gasteiger partial charge in [0.15, 0.2) is 0 Å². The van der Waals surface area contributed by atoms with E-state index in [1.807, 2.05) is 25.1 Å². The molecule has 0 aromatic heterocycles. The SMILES string of the molecule is CC[C@@H](Cc1ccccc1)NC(=O)C1CCN(S(=O)(=O)c2ccc3c(c2)C[C@H](C)N3C(C)=O)CC1. The first-order chi connectivity index (χ1) is 16.7. The lowest BCUT2D eigenvalue weighted by molar-refractivity contribution is -0.126. The molecule has 8 heteroatoms. The first-order valence-corrected chi connectivity index (χ1v) is 13.9. The van der Waals surface area contributed by atoms with Crippen LogP contribution in [-0.2, 0) is 32.5 Å². The van der Waals surface area contributed by atoms with Crippen molar-refractivity contribution >= 4 is 27.5 Å². The van der Waals surface area contributed by atoms with Gasteiger partial charge in [-0.1, -0.05) is 37.3 Å². The van der Waals surface area contributed by atoms with E-state index in [4.69, 9.17) is 0 Å². The van der Waals surface area contributed by atoms with Crippen molar-refractivity contribution in [3.8, 4) is 0 Å². The summed E-state index contributed by atoms with van der Waals surface area (Å²) in [5.41, 5.74) is 2.86. The fourth-order valence-electron chi connectivity index (χ4n) is 5.27. The highest BCUT2D eigenvalue weighted by atomic mass is 32.2. The third-order valence-corrected chi connectivity index (χ3v) is 9.13. The van der Waals surface area contributed by atoms with E-state index in [9.17, 15) is 18.0 Å². The van der Waals surface area contributed by atoms with Crippen molar-refractivity contribution in [1.82, 2.24) is 9.62 Å². The fraction of sp³-hybridized carbons (Fsp3) is 0.481. The summed E-state index contributed by atoms with van der Waals surface area (Å²) in [4.78, 5) is 26.9. The molecule has 0 spiro atoms. The number of nitrogens with zero attached hydrogens (tertiary/aromatic N) is 2. The summed E-state index contributed by atoms with van der Waals surface area (Å²) in [5, 5.41) is 3.18. The van der Waals surface area contributed by atoms with Gasteiger partial charge in [0.05, 0.1) is 4.90 Å². The third-order valence-electron chi connectivity index (χ3n) is 7.23. The largest absolute Gasteiger partial charge is 0.353 e. The molecule has 4 rings (SSSR count). The van der Waals surface area contributed by atoms with Gasteiger partial charge in [0.2, 0.25) is 21.8 Å². The summed E-state index contributed by atoms with van der Waals surface area (Å²) in [6.07, 6.45) is 3.28. The number of benzene rings is 2. The molecule has 2 aliphatic heterocycles. The van der Waals surface area contributed by atoms with Crippen LogP contribution in [0.3, 0.4) is 0 Å². The Balaban J connectivity index is 1.37. The van der Waals surface area contributed by atoms with E-state index >= 15 is 0 Å². The smallest absolute Gasteiger partial charge is 0.243 e. The maximum Gasteiger partial charge on any atom is 0.243 e. The lowest BCUT2D eigenvalue weighted by Gasteiger charge is -2.31. The Labute approximate surface area is 208 Å². The Hall–Kier alpha value is -2.71. The van der Waals surface area contributed by atoms with Gasteiger partial charge in [0.25, 0.3) is 0 Å². The molecule has 188 valence electrons. The highest BCUT2D eigenvalue weighted by Crippen LogP contribution is 2.35. The second kappa shape index (κ2) is 10.5. The Morgan fingerprint density at radius 2 is 1.77 bits per heavy atom. The molecule has 0 bridgehead atoms. The van der Waals surface area contributed by atoms with Gasteiger partial charge in [-0.3, -0.25) is 9.59 Å². The molecule has 35 heavy (non-hydrogen) atoms. The maximum absolute atomic E-state index is 13.3. The first-order valence-electron chi connectivity index (χ1n) is 12.5. The van der Waals surface area contributed by atoms with Gasteiger partial charge in [-0.25, -0.2) is 8.42 Å². The van der Waals surface area contributed by atoms with E-state index in [2.05, 4.69) is 24.4 Å². The van der Waals surface area contributed by atoms with Crippen LogP contribution in [0.4, 0.5) is 5.69 Å². The Morgan fingerprint density at radius 1 is 1.09 bits per heavy atom. The van der Waals surface area contributed by atoms with E-state index in [0.717, 1.165) is 24.1 Å². The summed E-state index contributed by atoms with van der Waals surface area (Å²) in [6, 6.07) is 15.2. The van der Waals surface area contributed by atoms with Crippen molar-refractivity contribution in [3.05, 3.63) is 59.7 Å². The molecule has 2 atom stereocenters. The van der Waals surface area contributed by atoms with Gasteiger partial charge in [-0.15, -0.1) is 0 Å². The standard InChI is InChI=1S/C27H35N3O4S/c1-4-24(17-21-8-6-5-7-9-21)28-27(32)22-12-14-29(15-13-22)35(33,34)25-10-11-26-23(18-25)16-19(2)30(26)20(3)31/h5-11,18-19,22,24H,4,12-17H2,1-3H3,(H,28,32)/t19-,24-/m0/s1. The van der Waals surface area contributed by atoms with E-state index in [1.165, 1.54) is 16.8 Å². The van der Waals surface area contributed by atoms with Crippen molar-refractivity contribution in [1.29, 1.82) is 0 Å². The number of carbonyl (C=O) groups excluding carboxylic acids is 2. The summed E-state index contributed by atoms with van der Waals surface area (Å²) in [6.45, 7) is 6.21. The zero-order valence-corrected chi connectivity index (χ0v) is 21.6. The molecule has 0 saturated carbocycles. The summed E-state index contributed by atoms with van der Waals surface area (Å²) >= 11 is 0. The van der Waals surface area contributed by atoms with Crippen LogP contribution in [0.5, 0.6) is 0 Å². The number of anilines is 1. The van der Waals surface area contributed by atoms with Crippen molar-refractivity contribution in [2.75, 3.05) is 18.0 Å². The summed E-state index contributed by atoms with van der Waals surface area (Å²) in [5.74, 6) is -0.210. The Kier molecular flexibility index (Phi) is 7.62. The molecule has 1 saturated heterocycles. The number of fused-ring (bicyclic) bond motifs is 1. The van der Waals surface area contributed by atoms with E-state index < -0.39 is 10.0 Å². The molecule has 1 N–H and O–H groups in total. The molecule has 0 aliphatic carbocycles. The van der Waals surface area contributed by atoms with Crippen LogP contribution in [0.2, 0.25) is 0 Å². The maximum atomic E-state index is 13.3. The average molecular weight is 498 g/mol. The number of sulfonamides is 1. The van der Waals surface area contributed by atoms with Crippen LogP contribution in [0.25, 0.3) is 0 Å². The zero-order chi connectivity index (χ0) is 25.2. The molecular formula is C27H35N3O4S. The van der Waals surface area contributed by atoms with Crippen molar-refractivity contribution in [2.45, 2.75) is 69.9 Å². The summed E-state index contributed by atoms with van der Waals surface area (Å²) < 4.78 is 28.2. The number of hydrogen-bond donors (Lipinski definition) is 1. The minimum absolute atomic E-state index is 0.0145. The highest BCUT2D eigenvalue weighted by molar-refractivity contribution is 7.89. The number of amides is 2. The number of piperidine rings is 1. The molecule has 0 unspecified atom stereocenters. The minimum Gasteiger partial charge on any atom is -0.353 e. The monoisotopic (exact) mass is 497 g/mol. The van der Waals surface area contributed by atoms with Gasteiger partial charge in [0, 0.05) is 43.7 Å². The van der Waals surface area contributed by atoms with E-state index in [-0.39, 0.29) is 34.7 Å². The number of carbonyl (C=O) groups is 2. The lowest BCUT2D eigenvalue weighted by Crippen LogP contribution is -2.45. The van der Waals surface area contributed by atoms with Gasteiger partial charge in [-0.2, -0.15) is 4.31 Å². The molecule has 2 aliphatic rings. The first kappa shape index (κ1) is 25.4. The van der Waals surface area contributed by atoms with Crippen molar-refractivity contribution < 1.29 is 18.0 Å². The zero-order valence-electron chi connectivity index (χ0n) is 20.7. The summed E-state index contributed by atoms with van der Waals surface area (Å²) in [7, 11) is -3.66. The number of nitrogens with one attached hydrogen (secondary N) is 1. The van der Waals surface area contributed by atoms with Gasteiger partial charge < -0.3 is 10.2 Å². The molecule has 2 aromatic carbocycles.